The van der Waals surface area contributed by atoms with Crippen LogP contribution in [0.1, 0.15) is 58.3 Å². The molecule has 0 aromatic heterocycles. The van der Waals surface area contributed by atoms with E-state index in [4.69, 9.17) is 0 Å². The summed E-state index contributed by atoms with van der Waals surface area (Å²) in [6, 6.07) is 0. The van der Waals surface area contributed by atoms with Crippen molar-refractivity contribution in [3.8, 4) is 0 Å². The van der Waals surface area contributed by atoms with Crippen LogP contribution in [0.3, 0.4) is 0 Å². The first-order chi connectivity index (χ1) is 5.88. The highest BCUT2D eigenvalue weighted by Crippen LogP contribution is 2.41. The zero-order valence-electron chi connectivity index (χ0n) is 8.39. The smallest absolute Gasteiger partial charge is 0.0386 e. The van der Waals surface area contributed by atoms with Crippen molar-refractivity contribution < 1.29 is 0 Å². The third-order valence-corrected chi connectivity index (χ3v) is 4.29. The van der Waals surface area contributed by atoms with E-state index < -0.39 is 0 Å². The van der Waals surface area contributed by atoms with Crippen LogP contribution in [-0.2, 0) is 0 Å². The van der Waals surface area contributed by atoms with Gasteiger partial charge in [-0.1, -0.05) is 58.3 Å². The standard InChI is InChI=1S/C12H22/c1-10-11-6-3-2-4-7-12(10)9-5-8-11/h10-12H,2-9H2,1H3. The van der Waals surface area contributed by atoms with E-state index in [1.54, 1.807) is 0 Å². The molecule has 2 fully saturated rings. The molecule has 2 aliphatic rings. The Morgan fingerprint density at radius 3 is 1.75 bits per heavy atom. The Hall–Kier alpha value is 0. The van der Waals surface area contributed by atoms with Crippen LogP contribution in [0.15, 0.2) is 0 Å². The molecule has 2 aliphatic carbocycles. The van der Waals surface area contributed by atoms with Crippen LogP contribution >= 0.6 is 0 Å². The van der Waals surface area contributed by atoms with Gasteiger partial charge in [0.2, 0.25) is 0 Å². The average molecular weight is 166 g/mol. The van der Waals surface area contributed by atoms with Gasteiger partial charge in [-0.2, -0.15) is 0 Å². The second-order valence-electron chi connectivity index (χ2n) is 4.95. The Labute approximate surface area is 76.7 Å². The molecule has 0 N–H and O–H groups in total. The van der Waals surface area contributed by atoms with Crippen LogP contribution in [0, 0.1) is 17.8 Å². The molecule has 12 heavy (non-hydrogen) atoms. The van der Waals surface area contributed by atoms with E-state index in [9.17, 15) is 0 Å². The van der Waals surface area contributed by atoms with Crippen molar-refractivity contribution in [2.24, 2.45) is 17.8 Å². The Kier molecular flexibility index (Phi) is 2.73. The molecule has 0 saturated heterocycles. The van der Waals surface area contributed by atoms with Gasteiger partial charge in [-0.3, -0.25) is 0 Å². The first-order valence-electron chi connectivity index (χ1n) is 5.88. The van der Waals surface area contributed by atoms with Crippen LogP contribution in [0.4, 0.5) is 0 Å². The predicted molar refractivity (Wildman–Crippen MR) is 53.1 cm³/mol. The van der Waals surface area contributed by atoms with Crippen molar-refractivity contribution in [2.75, 3.05) is 0 Å². The topological polar surface area (TPSA) is 0 Å². The summed E-state index contributed by atoms with van der Waals surface area (Å²) >= 11 is 0. The average Bonchev–Trinajstić information content (AvgIpc) is 2.10. The number of rotatable bonds is 0. The molecule has 2 atom stereocenters. The SMILES string of the molecule is CC1C2CCCCCC1CCC2. The van der Waals surface area contributed by atoms with Gasteiger partial charge in [0.25, 0.3) is 0 Å². The van der Waals surface area contributed by atoms with Gasteiger partial charge >= 0.3 is 0 Å². The van der Waals surface area contributed by atoms with Crippen LogP contribution in [0.5, 0.6) is 0 Å². The van der Waals surface area contributed by atoms with Gasteiger partial charge < -0.3 is 0 Å². The Bertz CT molecular complexity index is 125. The minimum absolute atomic E-state index is 1.05. The van der Waals surface area contributed by atoms with E-state index in [-0.39, 0.29) is 0 Å². The van der Waals surface area contributed by atoms with E-state index in [1.165, 1.54) is 51.4 Å². The van der Waals surface area contributed by atoms with Gasteiger partial charge in [-0.25, -0.2) is 0 Å². The van der Waals surface area contributed by atoms with Gasteiger partial charge in [0.15, 0.2) is 0 Å². The molecular formula is C12H22. The van der Waals surface area contributed by atoms with Gasteiger partial charge in [0.05, 0.1) is 0 Å². The molecule has 2 rings (SSSR count). The Morgan fingerprint density at radius 1 is 0.667 bits per heavy atom. The van der Waals surface area contributed by atoms with Crippen molar-refractivity contribution in [2.45, 2.75) is 58.3 Å². The largest absolute Gasteiger partial charge is 0.0620 e. The lowest BCUT2D eigenvalue weighted by Gasteiger charge is -2.38. The fourth-order valence-electron chi connectivity index (χ4n) is 3.36. The van der Waals surface area contributed by atoms with E-state index >= 15 is 0 Å². The zero-order valence-corrected chi connectivity index (χ0v) is 8.39. The fraction of sp³-hybridized carbons (Fsp3) is 1.00. The molecule has 2 bridgehead atoms. The van der Waals surface area contributed by atoms with Crippen LogP contribution < -0.4 is 0 Å². The summed E-state index contributed by atoms with van der Waals surface area (Å²) in [4.78, 5) is 0. The van der Waals surface area contributed by atoms with E-state index in [1.807, 2.05) is 0 Å². The van der Waals surface area contributed by atoms with Gasteiger partial charge in [0.1, 0.15) is 0 Å². The predicted octanol–water partition coefficient (Wildman–Crippen LogP) is 4.00. The highest BCUT2D eigenvalue weighted by atomic mass is 14.4. The number of hydrogen-bond donors (Lipinski definition) is 0. The molecule has 0 radical (unpaired) electrons. The molecule has 0 amide bonds. The monoisotopic (exact) mass is 166 g/mol. The lowest BCUT2D eigenvalue weighted by Crippen LogP contribution is -2.27. The van der Waals surface area contributed by atoms with Crippen molar-refractivity contribution in [3.05, 3.63) is 0 Å². The molecule has 0 aromatic carbocycles. The maximum absolute atomic E-state index is 2.51. The third-order valence-electron chi connectivity index (χ3n) is 4.29. The summed E-state index contributed by atoms with van der Waals surface area (Å²) in [6.07, 6.45) is 12.2. The maximum atomic E-state index is 2.51. The van der Waals surface area contributed by atoms with E-state index in [0.29, 0.717) is 0 Å². The number of hydrogen-bond acceptors (Lipinski definition) is 0. The molecule has 0 heterocycles. The molecule has 2 unspecified atom stereocenters. The second kappa shape index (κ2) is 3.81. The Balaban J connectivity index is 2.00. The lowest BCUT2D eigenvalue weighted by atomic mass is 9.68. The van der Waals surface area contributed by atoms with Gasteiger partial charge in [-0.05, 0) is 17.8 Å². The summed E-state index contributed by atoms with van der Waals surface area (Å²) in [5.74, 6) is 3.26. The molecule has 0 aliphatic heterocycles. The van der Waals surface area contributed by atoms with E-state index in [0.717, 1.165) is 17.8 Å². The summed E-state index contributed by atoms with van der Waals surface area (Å²) in [6.45, 7) is 2.51. The quantitative estimate of drug-likeness (QED) is 0.510. The zero-order chi connectivity index (χ0) is 8.39. The normalized spacial score (nSPS) is 43.2. The molecule has 0 heteroatoms. The first kappa shape index (κ1) is 8.59. The van der Waals surface area contributed by atoms with Crippen LogP contribution in [0.25, 0.3) is 0 Å². The van der Waals surface area contributed by atoms with Gasteiger partial charge in [-0.15, -0.1) is 0 Å². The summed E-state index contributed by atoms with van der Waals surface area (Å²) in [7, 11) is 0. The summed E-state index contributed by atoms with van der Waals surface area (Å²) in [5, 5.41) is 0. The highest BCUT2D eigenvalue weighted by Gasteiger charge is 2.30. The van der Waals surface area contributed by atoms with Crippen LogP contribution in [-0.4, -0.2) is 0 Å². The summed E-state index contributed by atoms with van der Waals surface area (Å²) < 4.78 is 0. The minimum atomic E-state index is 1.05. The maximum Gasteiger partial charge on any atom is -0.0386 e. The fourth-order valence-corrected chi connectivity index (χ4v) is 3.36. The lowest BCUT2D eigenvalue weighted by molar-refractivity contribution is 0.133. The molecule has 2 saturated carbocycles. The molecule has 0 aromatic rings. The summed E-state index contributed by atoms with van der Waals surface area (Å²) in [5.41, 5.74) is 0. The Morgan fingerprint density at radius 2 is 1.17 bits per heavy atom. The number of fused-ring (bicyclic) bond motifs is 2. The second-order valence-corrected chi connectivity index (χ2v) is 4.95. The van der Waals surface area contributed by atoms with Crippen LogP contribution in [0.2, 0.25) is 0 Å². The third kappa shape index (κ3) is 1.67. The highest BCUT2D eigenvalue weighted by molar-refractivity contribution is 4.81. The molecule has 70 valence electrons. The van der Waals surface area contributed by atoms with E-state index in [2.05, 4.69) is 6.92 Å². The van der Waals surface area contributed by atoms with Crippen molar-refractivity contribution in [1.82, 2.24) is 0 Å². The minimum Gasteiger partial charge on any atom is -0.0620 e. The first-order valence-corrected chi connectivity index (χ1v) is 5.88. The van der Waals surface area contributed by atoms with Crippen molar-refractivity contribution in [3.63, 3.8) is 0 Å². The van der Waals surface area contributed by atoms with Gasteiger partial charge in [0, 0.05) is 0 Å². The molecule has 0 spiro atoms. The van der Waals surface area contributed by atoms with Crippen molar-refractivity contribution >= 4 is 0 Å². The molecular weight excluding hydrogens is 144 g/mol. The van der Waals surface area contributed by atoms with Crippen molar-refractivity contribution in [1.29, 1.82) is 0 Å². The molecule has 0 nitrogen and oxygen atoms in total.